The Hall–Kier alpha value is -2.67. The van der Waals surface area contributed by atoms with E-state index in [1.807, 2.05) is 36.2 Å². The van der Waals surface area contributed by atoms with Crippen LogP contribution in [0.5, 0.6) is 0 Å². The number of nitrogens with two attached hydrogens (primary N) is 1. The van der Waals surface area contributed by atoms with Crippen molar-refractivity contribution in [2.45, 2.75) is 13.5 Å². The van der Waals surface area contributed by atoms with Gasteiger partial charge in [0.1, 0.15) is 5.82 Å². The fraction of sp³-hybridized carbons (Fsp3) is 0.188. The van der Waals surface area contributed by atoms with E-state index in [2.05, 4.69) is 9.97 Å². The molecule has 0 atom stereocenters. The van der Waals surface area contributed by atoms with Gasteiger partial charge in [0.05, 0.1) is 20.8 Å². The van der Waals surface area contributed by atoms with Crippen LogP contribution in [0.1, 0.15) is 21.1 Å². The van der Waals surface area contributed by atoms with Crippen molar-refractivity contribution in [2.24, 2.45) is 5.73 Å². The average Bonchev–Trinajstić information content (AvgIpc) is 2.98. The Morgan fingerprint density at radius 1 is 1.35 bits per heavy atom. The molecule has 0 bridgehead atoms. The summed E-state index contributed by atoms with van der Waals surface area (Å²) in [5.74, 6) is 0.179. The molecule has 3 aromatic rings. The predicted molar refractivity (Wildman–Crippen MR) is 92.0 cm³/mol. The lowest BCUT2D eigenvalue weighted by Gasteiger charge is -2.17. The zero-order valence-corrected chi connectivity index (χ0v) is 13.6. The molecule has 2 aromatic heterocycles. The highest BCUT2D eigenvalue weighted by Crippen LogP contribution is 2.26. The number of rotatable bonds is 4. The maximum atomic E-state index is 12.0. The molecule has 0 fully saturated rings. The van der Waals surface area contributed by atoms with Gasteiger partial charge in [-0.2, -0.15) is 0 Å². The summed E-state index contributed by atoms with van der Waals surface area (Å²) >= 11 is 1.35. The number of anilines is 1. The minimum Gasteiger partial charge on any atom is -0.365 e. The van der Waals surface area contributed by atoms with E-state index >= 15 is 0 Å². The normalized spacial score (nSPS) is 10.9. The molecule has 0 aliphatic carbocycles. The van der Waals surface area contributed by atoms with Gasteiger partial charge in [0.15, 0.2) is 0 Å². The number of benzene rings is 1. The van der Waals surface area contributed by atoms with E-state index in [1.54, 1.807) is 13.0 Å². The van der Waals surface area contributed by atoms with Gasteiger partial charge in [-0.3, -0.25) is 9.59 Å². The summed E-state index contributed by atoms with van der Waals surface area (Å²) < 4.78 is 0. The van der Waals surface area contributed by atoms with Crippen molar-refractivity contribution in [1.82, 2.24) is 9.97 Å². The number of carbonyl (C=O) groups is 1. The standard InChI is InChI=1S/C16H16N4O2S/c1-9-18-12-4-3-10(7-11(12)16(22)19-9)8-20(2)14-6-5-13(23-14)15(17)21/h3-7H,8H2,1-2H3,(H2,17,21)(H,18,19,22). The molecule has 0 aliphatic rings. The second kappa shape index (κ2) is 5.85. The van der Waals surface area contributed by atoms with Gasteiger partial charge in [-0.05, 0) is 36.8 Å². The third-order valence-corrected chi connectivity index (χ3v) is 4.73. The van der Waals surface area contributed by atoms with Gasteiger partial charge in [0.2, 0.25) is 0 Å². The van der Waals surface area contributed by atoms with E-state index in [0.717, 1.165) is 10.6 Å². The van der Waals surface area contributed by atoms with Crippen molar-refractivity contribution >= 4 is 33.1 Å². The number of thiophene rings is 1. The second-order valence-corrected chi connectivity index (χ2v) is 6.42. The number of H-pyrrole nitrogens is 1. The number of nitrogens with one attached hydrogen (secondary N) is 1. The third-order valence-electron chi connectivity index (χ3n) is 3.52. The lowest BCUT2D eigenvalue weighted by molar-refractivity contribution is 0.100. The minimum atomic E-state index is -0.423. The largest absolute Gasteiger partial charge is 0.365 e. The van der Waals surface area contributed by atoms with E-state index in [1.165, 1.54) is 11.3 Å². The molecule has 0 saturated carbocycles. The molecule has 0 spiro atoms. The highest BCUT2D eigenvalue weighted by molar-refractivity contribution is 7.17. The van der Waals surface area contributed by atoms with Crippen molar-refractivity contribution in [1.29, 1.82) is 0 Å². The summed E-state index contributed by atoms with van der Waals surface area (Å²) in [7, 11) is 1.93. The molecule has 2 heterocycles. The molecule has 3 rings (SSSR count). The number of primary amides is 1. The summed E-state index contributed by atoms with van der Waals surface area (Å²) in [4.78, 5) is 32.8. The third kappa shape index (κ3) is 3.09. The fourth-order valence-corrected chi connectivity index (χ4v) is 3.24. The van der Waals surface area contributed by atoms with Gasteiger partial charge in [-0.25, -0.2) is 4.98 Å². The number of hydrogen-bond acceptors (Lipinski definition) is 5. The maximum absolute atomic E-state index is 12.0. The molecule has 118 valence electrons. The molecule has 3 N–H and O–H groups in total. The van der Waals surface area contributed by atoms with E-state index in [4.69, 9.17) is 5.73 Å². The molecule has 0 aliphatic heterocycles. The Labute approximate surface area is 136 Å². The molecule has 0 unspecified atom stereocenters. The first-order chi connectivity index (χ1) is 10.9. The molecule has 6 nitrogen and oxygen atoms in total. The summed E-state index contributed by atoms with van der Waals surface area (Å²) in [6.07, 6.45) is 0. The lowest BCUT2D eigenvalue weighted by atomic mass is 10.1. The number of aromatic nitrogens is 2. The summed E-state index contributed by atoms with van der Waals surface area (Å²) in [6.45, 7) is 2.37. The van der Waals surface area contributed by atoms with Gasteiger partial charge in [0.25, 0.3) is 11.5 Å². The zero-order chi connectivity index (χ0) is 16.6. The lowest BCUT2D eigenvalue weighted by Crippen LogP contribution is -2.16. The van der Waals surface area contributed by atoms with Crippen molar-refractivity contribution in [2.75, 3.05) is 11.9 Å². The number of aromatic amines is 1. The molecule has 0 saturated heterocycles. The number of carbonyl (C=O) groups excluding carboxylic acids is 1. The van der Waals surface area contributed by atoms with Crippen molar-refractivity contribution < 1.29 is 4.79 Å². The smallest absolute Gasteiger partial charge is 0.258 e. The van der Waals surface area contributed by atoms with Crippen LogP contribution in [0, 0.1) is 6.92 Å². The fourth-order valence-electron chi connectivity index (χ4n) is 2.42. The number of aryl methyl sites for hydroxylation is 1. The number of amides is 1. The first-order valence-electron chi connectivity index (χ1n) is 7.04. The van der Waals surface area contributed by atoms with Crippen molar-refractivity contribution in [3.05, 3.63) is 57.0 Å². The molecular formula is C16H16N4O2S. The summed E-state index contributed by atoms with van der Waals surface area (Å²) in [5.41, 5.74) is 6.82. The summed E-state index contributed by atoms with van der Waals surface area (Å²) in [6, 6.07) is 9.23. The van der Waals surface area contributed by atoms with E-state index in [0.29, 0.717) is 28.1 Å². The Kier molecular flexibility index (Phi) is 3.87. The van der Waals surface area contributed by atoms with E-state index < -0.39 is 5.91 Å². The zero-order valence-electron chi connectivity index (χ0n) is 12.8. The Balaban J connectivity index is 1.88. The van der Waals surface area contributed by atoms with Gasteiger partial charge in [0, 0.05) is 13.6 Å². The average molecular weight is 328 g/mol. The van der Waals surface area contributed by atoms with Crippen LogP contribution in [-0.2, 0) is 6.54 Å². The molecular weight excluding hydrogens is 312 g/mol. The van der Waals surface area contributed by atoms with Crippen LogP contribution >= 0.6 is 11.3 Å². The Morgan fingerprint density at radius 3 is 2.83 bits per heavy atom. The molecule has 23 heavy (non-hydrogen) atoms. The molecule has 1 amide bonds. The monoisotopic (exact) mass is 328 g/mol. The van der Waals surface area contributed by atoms with Crippen LogP contribution in [0.15, 0.2) is 35.1 Å². The van der Waals surface area contributed by atoms with Crippen LogP contribution < -0.4 is 16.2 Å². The molecule has 7 heteroatoms. The maximum Gasteiger partial charge on any atom is 0.258 e. The Morgan fingerprint density at radius 2 is 2.13 bits per heavy atom. The van der Waals surface area contributed by atoms with Crippen LogP contribution in [0.3, 0.4) is 0 Å². The van der Waals surface area contributed by atoms with Gasteiger partial charge < -0.3 is 15.6 Å². The second-order valence-electron chi connectivity index (χ2n) is 5.36. The number of hydrogen-bond donors (Lipinski definition) is 2. The predicted octanol–water partition coefficient (Wildman–Crippen LogP) is 2.03. The molecule has 1 aromatic carbocycles. The highest BCUT2D eigenvalue weighted by Gasteiger charge is 2.10. The SMILES string of the molecule is Cc1nc2ccc(CN(C)c3ccc(C(N)=O)s3)cc2c(=O)[nH]1. The van der Waals surface area contributed by atoms with Crippen LogP contribution in [0.4, 0.5) is 5.00 Å². The van der Waals surface area contributed by atoms with E-state index in [-0.39, 0.29) is 5.56 Å². The minimum absolute atomic E-state index is 0.135. The summed E-state index contributed by atoms with van der Waals surface area (Å²) in [5, 5.41) is 1.51. The quantitative estimate of drug-likeness (QED) is 0.766. The van der Waals surface area contributed by atoms with Gasteiger partial charge >= 0.3 is 0 Å². The van der Waals surface area contributed by atoms with Crippen molar-refractivity contribution in [3.63, 3.8) is 0 Å². The van der Waals surface area contributed by atoms with E-state index in [9.17, 15) is 9.59 Å². The van der Waals surface area contributed by atoms with Gasteiger partial charge in [-0.15, -0.1) is 11.3 Å². The highest BCUT2D eigenvalue weighted by atomic mass is 32.1. The number of fused-ring (bicyclic) bond motifs is 1. The number of nitrogens with zero attached hydrogens (tertiary/aromatic N) is 2. The Bertz CT molecular complexity index is 945. The first kappa shape index (κ1) is 15.2. The van der Waals surface area contributed by atoms with Gasteiger partial charge in [-0.1, -0.05) is 6.07 Å². The van der Waals surface area contributed by atoms with Crippen LogP contribution in [0.25, 0.3) is 10.9 Å². The van der Waals surface area contributed by atoms with Crippen LogP contribution in [0.2, 0.25) is 0 Å². The topological polar surface area (TPSA) is 92.1 Å². The first-order valence-corrected chi connectivity index (χ1v) is 7.86. The molecule has 0 radical (unpaired) electrons. The van der Waals surface area contributed by atoms with Crippen LogP contribution in [-0.4, -0.2) is 22.9 Å². The van der Waals surface area contributed by atoms with Crippen molar-refractivity contribution in [3.8, 4) is 0 Å².